The number of carbonyl (C=O) groups is 2. The van der Waals surface area contributed by atoms with Crippen molar-refractivity contribution in [1.82, 2.24) is 35.3 Å². The van der Waals surface area contributed by atoms with Crippen LogP contribution in [-0.2, 0) is 4.79 Å². The summed E-state index contributed by atoms with van der Waals surface area (Å²) in [6, 6.07) is 0.728. The molecule has 1 aliphatic heterocycles. The molecule has 2 saturated carbocycles. The molecule has 0 aromatic carbocycles. The number of amides is 3. The summed E-state index contributed by atoms with van der Waals surface area (Å²) in [6.45, 7) is 4.23. The Hall–Kier alpha value is -1.84. The van der Waals surface area contributed by atoms with Gasteiger partial charge in [-0.15, -0.1) is 5.10 Å². The Morgan fingerprint density at radius 1 is 1.04 bits per heavy atom. The molecule has 2 aliphatic carbocycles. The van der Waals surface area contributed by atoms with E-state index in [4.69, 9.17) is 0 Å². The topological polar surface area (TPSA) is 96.2 Å². The van der Waals surface area contributed by atoms with Gasteiger partial charge in [0.2, 0.25) is 11.1 Å². The lowest BCUT2D eigenvalue weighted by atomic mass is 9.96. The van der Waals surface area contributed by atoms with Crippen molar-refractivity contribution in [3.05, 3.63) is 0 Å². The number of urea groups is 1. The molecule has 1 N–H and O–H groups in total. The zero-order chi connectivity index (χ0) is 19.5. The average molecular weight is 408 g/mol. The Balaban J connectivity index is 1.24. The lowest BCUT2D eigenvalue weighted by Crippen LogP contribution is -2.55. The molecule has 1 saturated heterocycles. The minimum atomic E-state index is -0.244. The maximum Gasteiger partial charge on any atom is 0.317 e. The number of tetrazole rings is 1. The van der Waals surface area contributed by atoms with Gasteiger partial charge in [-0.25, -0.2) is 9.48 Å². The fourth-order valence-corrected chi connectivity index (χ4v) is 4.86. The molecule has 9 nitrogen and oxygen atoms in total. The molecule has 0 spiro atoms. The summed E-state index contributed by atoms with van der Waals surface area (Å²) in [7, 11) is 0. The molecule has 1 atom stereocenters. The lowest BCUT2D eigenvalue weighted by molar-refractivity contribution is -0.131. The average Bonchev–Trinajstić information content (AvgIpc) is 3.47. The number of nitrogens with one attached hydrogen (secondary N) is 1. The predicted molar refractivity (Wildman–Crippen MR) is 105 cm³/mol. The molecule has 0 bridgehead atoms. The van der Waals surface area contributed by atoms with Gasteiger partial charge < -0.3 is 15.1 Å². The second-order valence-corrected chi connectivity index (χ2v) is 9.30. The highest BCUT2D eigenvalue weighted by atomic mass is 32.2. The van der Waals surface area contributed by atoms with Gasteiger partial charge in [-0.1, -0.05) is 31.0 Å². The van der Waals surface area contributed by atoms with Gasteiger partial charge in [-0.2, -0.15) is 0 Å². The predicted octanol–water partition coefficient (Wildman–Crippen LogP) is 1.68. The summed E-state index contributed by atoms with van der Waals surface area (Å²) in [5.41, 5.74) is 0. The third kappa shape index (κ3) is 4.59. The van der Waals surface area contributed by atoms with Crippen molar-refractivity contribution in [2.75, 3.05) is 26.2 Å². The molecule has 3 aliphatic rings. The number of hydrogen-bond acceptors (Lipinski definition) is 6. The van der Waals surface area contributed by atoms with Gasteiger partial charge in [-0.3, -0.25) is 4.79 Å². The van der Waals surface area contributed by atoms with Crippen LogP contribution in [-0.4, -0.2) is 79.4 Å². The van der Waals surface area contributed by atoms with Crippen molar-refractivity contribution in [2.24, 2.45) is 0 Å². The molecular weight excluding hydrogens is 378 g/mol. The number of aromatic nitrogens is 4. The highest BCUT2D eigenvalue weighted by Gasteiger charge is 2.32. The molecule has 1 unspecified atom stereocenters. The largest absolute Gasteiger partial charge is 0.338 e. The van der Waals surface area contributed by atoms with Crippen LogP contribution in [0.3, 0.4) is 0 Å². The first-order chi connectivity index (χ1) is 13.6. The van der Waals surface area contributed by atoms with E-state index in [0.717, 1.165) is 25.7 Å². The molecule has 4 rings (SSSR count). The third-order valence-corrected chi connectivity index (χ3v) is 6.83. The second kappa shape index (κ2) is 8.67. The van der Waals surface area contributed by atoms with Crippen LogP contribution in [0.15, 0.2) is 5.16 Å². The SMILES string of the molecule is CC(Sc1nnnn1C1CC1)C(=O)N1CCN(C(=O)NC2CCCCC2)CC1. The van der Waals surface area contributed by atoms with E-state index in [0.29, 0.717) is 43.4 Å². The second-order valence-electron chi connectivity index (χ2n) is 7.99. The Bertz CT molecular complexity index is 694. The van der Waals surface area contributed by atoms with Crippen molar-refractivity contribution < 1.29 is 9.59 Å². The monoisotopic (exact) mass is 407 g/mol. The Kier molecular flexibility index (Phi) is 6.03. The van der Waals surface area contributed by atoms with Crippen LogP contribution in [0, 0.1) is 0 Å². The lowest BCUT2D eigenvalue weighted by Gasteiger charge is -2.36. The van der Waals surface area contributed by atoms with Crippen LogP contribution in [0.25, 0.3) is 0 Å². The number of carbonyl (C=O) groups excluding carboxylic acids is 2. The minimum absolute atomic E-state index is 0.0185. The molecule has 3 fully saturated rings. The van der Waals surface area contributed by atoms with Crippen molar-refractivity contribution in [3.63, 3.8) is 0 Å². The molecule has 154 valence electrons. The van der Waals surface area contributed by atoms with Crippen LogP contribution < -0.4 is 5.32 Å². The molecule has 3 amide bonds. The van der Waals surface area contributed by atoms with Gasteiger partial charge >= 0.3 is 6.03 Å². The Morgan fingerprint density at radius 2 is 1.71 bits per heavy atom. The van der Waals surface area contributed by atoms with Crippen LogP contribution >= 0.6 is 11.8 Å². The summed E-state index contributed by atoms with van der Waals surface area (Å²) >= 11 is 1.42. The van der Waals surface area contributed by atoms with E-state index < -0.39 is 0 Å². The van der Waals surface area contributed by atoms with E-state index in [-0.39, 0.29) is 17.2 Å². The molecule has 2 heterocycles. The number of nitrogens with zero attached hydrogens (tertiary/aromatic N) is 6. The quantitative estimate of drug-likeness (QED) is 0.746. The van der Waals surface area contributed by atoms with Gasteiger partial charge in [0.1, 0.15) is 0 Å². The van der Waals surface area contributed by atoms with Crippen LogP contribution in [0.2, 0.25) is 0 Å². The Labute approximate surface area is 169 Å². The van der Waals surface area contributed by atoms with E-state index in [1.165, 1.54) is 31.0 Å². The minimum Gasteiger partial charge on any atom is -0.338 e. The van der Waals surface area contributed by atoms with Crippen LogP contribution in [0.1, 0.15) is 57.9 Å². The van der Waals surface area contributed by atoms with Gasteiger partial charge in [0.25, 0.3) is 0 Å². The number of thioether (sulfide) groups is 1. The zero-order valence-corrected chi connectivity index (χ0v) is 17.2. The summed E-state index contributed by atoms with van der Waals surface area (Å²) in [6.07, 6.45) is 8.05. The molecule has 1 aromatic heterocycles. The summed E-state index contributed by atoms with van der Waals surface area (Å²) in [5.74, 6) is 0.0858. The van der Waals surface area contributed by atoms with E-state index in [1.807, 2.05) is 21.4 Å². The highest BCUT2D eigenvalue weighted by molar-refractivity contribution is 8.00. The Morgan fingerprint density at radius 3 is 2.39 bits per heavy atom. The van der Waals surface area contributed by atoms with Crippen molar-refractivity contribution in [1.29, 1.82) is 0 Å². The fraction of sp³-hybridized carbons (Fsp3) is 0.833. The fourth-order valence-electron chi connectivity index (χ4n) is 3.92. The standard InChI is InChI=1S/C18H29N7O2S/c1-13(28-18-20-21-22-25(18)15-7-8-15)16(26)23-9-11-24(12-10-23)17(27)19-14-5-3-2-4-6-14/h13-15H,2-12H2,1H3,(H,19,27). The first-order valence-corrected chi connectivity index (χ1v) is 11.3. The number of hydrogen-bond donors (Lipinski definition) is 1. The molecule has 10 heteroatoms. The summed E-state index contributed by atoms with van der Waals surface area (Å²) in [4.78, 5) is 29.0. The molecule has 1 aromatic rings. The van der Waals surface area contributed by atoms with E-state index in [9.17, 15) is 9.59 Å². The van der Waals surface area contributed by atoms with E-state index in [1.54, 1.807) is 0 Å². The molecular formula is C18H29N7O2S. The van der Waals surface area contributed by atoms with E-state index in [2.05, 4.69) is 20.8 Å². The van der Waals surface area contributed by atoms with Crippen molar-refractivity contribution in [2.45, 2.75) is 74.4 Å². The van der Waals surface area contributed by atoms with Crippen molar-refractivity contribution >= 4 is 23.7 Å². The first kappa shape index (κ1) is 19.5. The first-order valence-electron chi connectivity index (χ1n) is 10.4. The van der Waals surface area contributed by atoms with Gasteiger partial charge in [0.15, 0.2) is 0 Å². The van der Waals surface area contributed by atoms with Crippen LogP contribution in [0.4, 0.5) is 4.79 Å². The van der Waals surface area contributed by atoms with E-state index >= 15 is 0 Å². The third-order valence-electron chi connectivity index (χ3n) is 5.80. The maximum atomic E-state index is 12.8. The number of rotatable bonds is 5. The van der Waals surface area contributed by atoms with Gasteiger partial charge in [0.05, 0.1) is 11.3 Å². The van der Waals surface area contributed by atoms with Gasteiger partial charge in [0, 0.05) is 32.2 Å². The maximum absolute atomic E-state index is 12.8. The molecule has 28 heavy (non-hydrogen) atoms. The normalized spacial score (nSPS) is 22.2. The summed E-state index contributed by atoms with van der Waals surface area (Å²) < 4.78 is 1.84. The zero-order valence-electron chi connectivity index (χ0n) is 16.4. The van der Waals surface area contributed by atoms with Crippen molar-refractivity contribution in [3.8, 4) is 0 Å². The highest BCUT2D eigenvalue weighted by Crippen LogP contribution is 2.37. The van der Waals surface area contributed by atoms with Crippen LogP contribution in [0.5, 0.6) is 0 Å². The summed E-state index contributed by atoms with van der Waals surface area (Å²) in [5, 5.41) is 15.5. The molecule has 0 radical (unpaired) electrons. The van der Waals surface area contributed by atoms with Gasteiger partial charge in [-0.05, 0) is 43.0 Å². The smallest absolute Gasteiger partial charge is 0.317 e. The number of piperazine rings is 1.